The van der Waals surface area contributed by atoms with Crippen LogP contribution >= 0.6 is 11.3 Å². The van der Waals surface area contributed by atoms with Crippen molar-refractivity contribution < 1.29 is 14.3 Å². The number of hydrogen-bond donors (Lipinski definition) is 1. The van der Waals surface area contributed by atoms with E-state index >= 15 is 0 Å². The van der Waals surface area contributed by atoms with Crippen molar-refractivity contribution in [2.45, 2.75) is 26.5 Å². The molecule has 7 heteroatoms. The molecule has 1 aliphatic rings. The van der Waals surface area contributed by atoms with E-state index < -0.39 is 0 Å². The second kappa shape index (κ2) is 10.7. The molecular formula is C25H29N3O3S. The number of ether oxygens (including phenoxy) is 2. The van der Waals surface area contributed by atoms with Crippen molar-refractivity contribution in [3.63, 3.8) is 0 Å². The van der Waals surface area contributed by atoms with Gasteiger partial charge in [-0.2, -0.15) is 0 Å². The van der Waals surface area contributed by atoms with Crippen molar-refractivity contribution in [3.8, 4) is 5.75 Å². The highest BCUT2D eigenvalue weighted by Crippen LogP contribution is 2.19. The number of amides is 1. The minimum atomic E-state index is -0.0926. The molecule has 2 heterocycles. The van der Waals surface area contributed by atoms with Crippen LogP contribution in [0, 0.1) is 13.8 Å². The predicted octanol–water partition coefficient (Wildman–Crippen LogP) is 4.14. The third-order valence-electron chi connectivity index (χ3n) is 5.50. The number of thiazole rings is 1. The van der Waals surface area contributed by atoms with Gasteiger partial charge < -0.3 is 14.8 Å². The van der Waals surface area contributed by atoms with Gasteiger partial charge in [0.2, 0.25) is 0 Å². The number of carbonyl (C=O) groups is 1. The molecule has 1 atom stereocenters. The summed E-state index contributed by atoms with van der Waals surface area (Å²) in [5.74, 6) is 0.626. The molecule has 3 aromatic rings. The number of aryl methyl sites for hydroxylation is 2. The van der Waals surface area contributed by atoms with E-state index in [1.807, 2.05) is 24.4 Å². The summed E-state index contributed by atoms with van der Waals surface area (Å²) in [6, 6.07) is 15.5. The first-order chi connectivity index (χ1) is 15.6. The van der Waals surface area contributed by atoms with Gasteiger partial charge in [-0.15, -0.1) is 11.3 Å². The highest BCUT2D eigenvalue weighted by atomic mass is 32.1. The Bertz CT molecular complexity index is 1010. The Balaban J connectivity index is 1.40. The minimum Gasteiger partial charge on any atom is -0.487 e. The van der Waals surface area contributed by atoms with E-state index in [-0.39, 0.29) is 11.9 Å². The topological polar surface area (TPSA) is 63.7 Å². The van der Waals surface area contributed by atoms with E-state index in [1.165, 1.54) is 5.56 Å². The summed E-state index contributed by atoms with van der Waals surface area (Å²) in [6.45, 7) is 8.44. The van der Waals surface area contributed by atoms with Crippen LogP contribution in [0.25, 0.3) is 0 Å². The minimum absolute atomic E-state index is 0.0921. The number of aromatic nitrogens is 1. The molecule has 32 heavy (non-hydrogen) atoms. The average molecular weight is 452 g/mol. The molecule has 0 bridgehead atoms. The second-order valence-corrected chi connectivity index (χ2v) is 9.08. The van der Waals surface area contributed by atoms with Crippen LogP contribution in [-0.2, 0) is 11.3 Å². The molecule has 0 unspecified atom stereocenters. The van der Waals surface area contributed by atoms with Crippen LogP contribution in [0.1, 0.15) is 38.2 Å². The Labute approximate surface area is 193 Å². The Morgan fingerprint density at radius 1 is 1.12 bits per heavy atom. The number of morpholine rings is 1. The Kier molecular flexibility index (Phi) is 7.52. The summed E-state index contributed by atoms with van der Waals surface area (Å²) >= 11 is 1.61. The molecule has 168 valence electrons. The van der Waals surface area contributed by atoms with Gasteiger partial charge in [0.15, 0.2) is 0 Å². The maximum Gasteiger partial charge on any atom is 0.251 e. The molecular weight excluding hydrogens is 422 g/mol. The smallest absolute Gasteiger partial charge is 0.251 e. The molecule has 1 fully saturated rings. The fraction of sp³-hybridized carbons (Fsp3) is 0.360. The highest BCUT2D eigenvalue weighted by Gasteiger charge is 2.21. The summed E-state index contributed by atoms with van der Waals surface area (Å²) in [7, 11) is 0. The standard InChI is InChI=1S/C25H29N3O3S/c1-18-3-5-20(6-4-18)24(15-28-11-13-30-14-12-28)27-25(29)21-7-9-23(10-8-21)31-16-22-17-32-19(2)26-22/h3-10,17,24H,11-16H2,1-2H3,(H,27,29)/t24-/m1/s1. The highest BCUT2D eigenvalue weighted by molar-refractivity contribution is 7.09. The van der Waals surface area contributed by atoms with E-state index in [4.69, 9.17) is 9.47 Å². The molecule has 1 N–H and O–H groups in total. The van der Waals surface area contributed by atoms with Gasteiger partial charge in [-0.05, 0) is 43.7 Å². The van der Waals surface area contributed by atoms with Crippen molar-refractivity contribution in [1.82, 2.24) is 15.2 Å². The molecule has 0 radical (unpaired) electrons. The summed E-state index contributed by atoms with van der Waals surface area (Å²) in [5, 5.41) is 6.25. The normalized spacial score (nSPS) is 15.3. The number of rotatable bonds is 8. The molecule has 4 rings (SSSR count). The molecule has 1 saturated heterocycles. The lowest BCUT2D eigenvalue weighted by molar-refractivity contribution is 0.0332. The lowest BCUT2D eigenvalue weighted by Gasteiger charge is -2.31. The van der Waals surface area contributed by atoms with Crippen LogP contribution in [-0.4, -0.2) is 48.6 Å². The summed E-state index contributed by atoms with van der Waals surface area (Å²) in [6.07, 6.45) is 0. The summed E-state index contributed by atoms with van der Waals surface area (Å²) < 4.78 is 11.3. The quantitative estimate of drug-likeness (QED) is 0.558. The zero-order valence-electron chi connectivity index (χ0n) is 18.5. The van der Waals surface area contributed by atoms with E-state index in [0.717, 1.165) is 54.9 Å². The zero-order chi connectivity index (χ0) is 22.3. The van der Waals surface area contributed by atoms with Gasteiger partial charge in [0.1, 0.15) is 12.4 Å². The van der Waals surface area contributed by atoms with Gasteiger partial charge in [-0.3, -0.25) is 9.69 Å². The third kappa shape index (κ3) is 6.16. The van der Waals surface area contributed by atoms with Gasteiger partial charge in [0.05, 0.1) is 30.0 Å². The Morgan fingerprint density at radius 2 is 1.84 bits per heavy atom. The van der Waals surface area contributed by atoms with Crippen LogP contribution in [0.2, 0.25) is 0 Å². The lowest BCUT2D eigenvalue weighted by Crippen LogP contribution is -2.43. The van der Waals surface area contributed by atoms with E-state index in [1.54, 1.807) is 23.5 Å². The lowest BCUT2D eigenvalue weighted by atomic mass is 10.0. The van der Waals surface area contributed by atoms with Crippen LogP contribution in [0.15, 0.2) is 53.9 Å². The average Bonchev–Trinajstić information content (AvgIpc) is 3.24. The first-order valence-electron chi connectivity index (χ1n) is 10.9. The van der Waals surface area contributed by atoms with Gasteiger partial charge in [-0.1, -0.05) is 29.8 Å². The third-order valence-corrected chi connectivity index (χ3v) is 6.32. The van der Waals surface area contributed by atoms with Crippen LogP contribution in [0.3, 0.4) is 0 Å². The maximum absolute atomic E-state index is 13.0. The largest absolute Gasteiger partial charge is 0.487 e. The van der Waals surface area contributed by atoms with Crippen molar-refractivity contribution in [1.29, 1.82) is 0 Å². The molecule has 2 aromatic carbocycles. The molecule has 1 aliphatic heterocycles. The van der Waals surface area contributed by atoms with Gasteiger partial charge in [0.25, 0.3) is 5.91 Å². The molecule has 6 nitrogen and oxygen atoms in total. The number of nitrogens with one attached hydrogen (secondary N) is 1. The SMILES string of the molecule is Cc1ccc([C@@H](CN2CCOCC2)NC(=O)c2ccc(OCc3csc(C)n3)cc2)cc1. The summed E-state index contributed by atoms with van der Waals surface area (Å²) in [4.78, 5) is 19.8. The van der Waals surface area contributed by atoms with E-state index in [0.29, 0.717) is 12.2 Å². The number of hydrogen-bond acceptors (Lipinski definition) is 6. The second-order valence-electron chi connectivity index (χ2n) is 8.02. The Hall–Kier alpha value is -2.74. The first-order valence-corrected chi connectivity index (χ1v) is 11.8. The number of carbonyl (C=O) groups excluding carboxylic acids is 1. The predicted molar refractivity (Wildman–Crippen MR) is 126 cm³/mol. The van der Waals surface area contributed by atoms with E-state index in [9.17, 15) is 4.79 Å². The van der Waals surface area contributed by atoms with Crippen molar-refractivity contribution >= 4 is 17.2 Å². The molecule has 1 amide bonds. The van der Waals surface area contributed by atoms with Crippen molar-refractivity contribution in [2.24, 2.45) is 0 Å². The summed E-state index contributed by atoms with van der Waals surface area (Å²) in [5.41, 5.74) is 3.84. The number of benzene rings is 2. The van der Waals surface area contributed by atoms with Crippen molar-refractivity contribution in [2.75, 3.05) is 32.8 Å². The first kappa shape index (κ1) is 22.5. The van der Waals surface area contributed by atoms with E-state index in [2.05, 4.69) is 46.4 Å². The van der Waals surface area contributed by atoms with Gasteiger partial charge in [-0.25, -0.2) is 4.98 Å². The van der Waals surface area contributed by atoms with Crippen LogP contribution < -0.4 is 10.1 Å². The monoisotopic (exact) mass is 451 g/mol. The fourth-order valence-corrected chi connectivity index (χ4v) is 4.25. The Morgan fingerprint density at radius 3 is 2.50 bits per heavy atom. The molecule has 0 saturated carbocycles. The van der Waals surface area contributed by atoms with Crippen LogP contribution in [0.4, 0.5) is 0 Å². The molecule has 1 aromatic heterocycles. The van der Waals surface area contributed by atoms with Gasteiger partial charge >= 0.3 is 0 Å². The van der Waals surface area contributed by atoms with Crippen molar-refractivity contribution in [3.05, 3.63) is 81.3 Å². The zero-order valence-corrected chi connectivity index (χ0v) is 19.4. The fourth-order valence-electron chi connectivity index (χ4n) is 3.65. The van der Waals surface area contributed by atoms with Crippen LogP contribution in [0.5, 0.6) is 5.75 Å². The maximum atomic E-state index is 13.0. The molecule has 0 aliphatic carbocycles. The van der Waals surface area contributed by atoms with Gasteiger partial charge in [0, 0.05) is 30.6 Å². The molecule has 0 spiro atoms. The number of nitrogens with zero attached hydrogens (tertiary/aromatic N) is 2.